The maximum absolute atomic E-state index is 4.56. The molecule has 0 aromatic carbocycles. The molecule has 0 rings (SSSR count). The van der Waals surface area contributed by atoms with Crippen molar-refractivity contribution in [3.63, 3.8) is 0 Å². The SMILES string of the molecule is C=C=C(CC)/N=C(/CC)C(C)(C)C. The molecule has 0 amide bonds. The van der Waals surface area contributed by atoms with Crippen molar-refractivity contribution in [3.8, 4) is 0 Å². The van der Waals surface area contributed by atoms with E-state index < -0.39 is 0 Å². The Balaban J connectivity index is 4.87. The molecular formula is C12H21N. The number of nitrogens with zero attached hydrogens (tertiary/aromatic N) is 1. The molecular weight excluding hydrogens is 158 g/mol. The van der Waals surface area contributed by atoms with Gasteiger partial charge in [-0.2, -0.15) is 0 Å². The largest absolute Gasteiger partial charge is 0.253 e. The maximum atomic E-state index is 4.56. The van der Waals surface area contributed by atoms with Crippen molar-refractivity contribution >= 4 is 5.71 Å². The smallest absolute Gasteiger partial charge is 0.0811 e. The van der Waals surface area contributed by atoms with Gasteiger partial charge in [-0.15, -0.1) is 5.73 Å². The van der Waals surface area contributed by atoms with Crippen LogP contribution in [0.15, 0.2) is 23.0 Å². The minimum atomic E-state index is 0.159. The molecule has 13 heavy (non-hydrogen) atoms. The first-order chi connectivity index (χ1) is 5.95. The second kappa shape index (κ2) is 5.04. The molecule has 1 nitrogen and oxygen atoms in total. The summed E-state index contributed by atoms with van der Waals surface area (Å²) in [6, 6.07) is 0. The van der Waals surface area contributed by atoms with Crippen molar-refractivity contribution in [1.29, 1.82) is 0 Å². The number of rotatable bonds is 3. The molecule has 0 heterocycles. The van der Waals surface area contributed by atoms with E-state index in [0.717, 1.165) is 18.5 Å². The van der Waals surface area contributed by atoms with Gasteiger partial charge in [0.05, 0.1) is 5.70 Å². The zero-order valence-corrected chi connectivity index (χ0v) is 9.57. The molecule has 0 aromatic rings. The third kappa shape index (κ3) is 4.10. The van der Waals surface area contributed by atoms with Crippen LogP contribution in [0.3, 0.4) is 0 Å². The average Bonchev–Trinajstić information content (AvgIpc) is 2.04. The van der Waals surface area contributed by atoms with Crippen LogP contribution in [-0.4, -0.2) is 5.71 Å². The predicted octanol–water partition coefficient (Wildman–Crippen LogP) is 3.96. The molecule has 0 saturated heterocycles. The molecule has 0 atom stereocenters. The van der Waals surface area contributed by atoms with Gasteiger partial charge in [0.15, 0.2) is 0 Å². The van der Waals surface area contributed by atoms with Crippen molar-refractivity contribution < 1.29 is 0 Å². The zero-order chi connectivity index (χ0) is 10.5. The Morgan fingerprint density at radius 1 is 1.23 bits per heavy atom. The van der Waals surface area contributed by atoms with Crippen LogP contribution in [-0.2, 0) is 0 Å². The van der Waals surface area contributed by atoms with Crippen LogP contribution in [0.25, 0.3) is 0 Å². The van der Waals surface area contributed by atoms with Crippen LogP contribution >= 0.6 is 0 Å². The highest BCUT2D eigenvalue weighted by molar-refractivity contribution is 5.89. The first-order valence-electron chi connectivity index (χ1n) is 4.92. The van der Waals surface area contributed by atoms with Crippen molar-refractivity contribution in [2.45, 2.75) is 47.5 Å². The molecule has 0 aliphatic heterocycles. The predicted molar refractivity (Wildman–Crippen MR) is 60.1 cm³/mol. The van der Waals surface area contributed by atoms with Crippen LogP contribution in [0.2, 0.25) is 0 Å². The lowest BCUT2D eigenvalue weighted by molar-refractivity contribution is 0.578. The fourth-order valence-corrected chi connectivity index (χ4v) is 1.18. The van der Waals surface area contributed by atoms with Gasteiger partial charge in [0.1, 0.15) is 0 Å². The van der Waals surface area contributed by atoms with E-state index >= 15 is 0 Å². The fourth-order valence-electron chi connectivity index (χ4n) is 1.18. The van der Waals surface area contributed by atoms with Crippen LogP contribution in [0.4, 0.5) is 0 Å². The molecule has 0 aromatic heterocycles. The highest BCUT2D eigenvalue weighted by Gasteiger charge is 2.16. The summed E-state index contributed by atoms with van der Waals surface area (Å²) in [4.78, 5) is 4.56. The van der Waals surface area contributed by atoms with Gasteiger partial charge in [-0.05, 0) is 12.8 Å². The van der Waals surface area contributed by atoms with E-state index in [-0.39, 0.29) is 5.41 Å². The highest BCUT2D eigenvalue weighted by atomic mass is 14.8. The Morgan fingerprint density at radius 3 is 2.00 bits per heavy atom. The molecule has 0 aliphatic rings. The number of hydrogen-bond acceptors (Lipinski definition) is 1. The van der Waals surface area contributed by atoms with Crippen LogP contribution in [0.5, 0.6) is 0 Å². The molecule has 0 saturated carbocycles. The van der Waals surface area contributed by atoms with E-state index in [1.54, 1.807) is 0 Å². The Labute approximate surface area is 82.3 Å². The quantitative estimate of drug-likeness (QED) is 0.459. The lowest BCUT2D eigenvalue weighted by Crippen LogP contribution is -2.19. The van der Waals surface area contributed by atoms with Gasteiger partial charge in [0, 0.05) is 11.1 Å². The summed E-state index contributed by atoms with van der Waals surface area (Å²) in [5.41, 5.74) is 5.21. The maximum Gasteiger partial charge on any atom is 0.0811 e. The molecule has 0 unspecified atom stereocenters. The summed E-state index contributed by atoms with van der Waals surface area (Å²) in [6.07, 6.45) is 1.90. The number of aliphatic imine (C=N–C) groups is 1. The lowest BCUT2D eigenvalue weighted by Gasteiger charge is -2.20. The van der Waals surface area contributed by atoms with Crippen LogP contribution < -0.4 is 0 Å². The molecule has 1 heteroatoms. The van der Waals surface area contributed by atoms with Gasteiger partial charge in [-0.1, -0.05) is 41.2 Å². The molecule has 0 radical (unpaired) electrons. The van der Waals surface area contributed by atoms with Gasteiger partial charge < -0.3 is 0 Å². The topological polar surface area (TPSA) is 12.4 Å². The van der Waals surface area contributed by atoms with Gasteiger partial charge >= 0.3 is 0 Å². The number of allylic oxidation sites excluding steroid dienone is 1. The number of hydrogen-bond donors (Lipinski definition) is 0. The first kappa shape index (κ1) is 12.2. The van der Waals surface area contributed by atoms with Crippen molar-refractivity contribution in [1.82, 2.24) is 0 Å². The van der Waals surface area contributed by atoms with E-state index in [0.29, 0.717) is 0 Å². The summed E-state index contributed by atoms with van der Waals surface area (Å²) in [7, 11) is 0. The Kier molecular flexibility index (Phi) is 4.72. The third-order valence-electron chi connectivity index (χ3n) is 2.01. The van der Waals surface area contributed by atoms with Gasteiger partial charge in [0.25, 0.3) is 0 Å². The second-order valence-electron chi connectivity index (χ2n) is 4.14. The Bertz CT molecular complexity index is 234. The Hall–Kier alpha value is -0.810. The van der Waals surface area contributed by atoms with Crippen molar-refractivity contribution in [3.05, 3.63) is 18.0 Å². The second-order valence-corrected chi connectivity index (χ2v) is 4.14. The van der Waals surface area contributed by atoms with Crippen LogP contribution in [0.1, 0.15) is 47.5 Å². The summed E-state index contributed by atoms with van der Waals surface area (Å²) < 4.78 is 0. The van der Waals surface area contributed by atoms with Crippen LogP contribution in [0, 0.1) is 5.41 Å². The van der Waals surface area contributed by atoms with Crippen molar-refractivity contribution in [2.75, 3.05) is 0 Å². The lowest BCUT2D eigenvalue weighted by atomic mass is 9.88. The minimum absolute atomic E-state index is 0.159. The summed E-state index contributed by atoms with van der Waals surface area (Å²) >= 11 is 0. The summed E-state index contributed by atoms with van der Waals surface area (Å²) in [6.45, 7) is 14.4. The molecule has 0 spiro atoms. The minimum Gasteiger partial charge on any atom is -0.253 e. The van der Waals surface area contributed by atoms with Crippen molar-refractivity contribution in [2.24, 2.45) is 10.4 Å². The van der Waals surface area contributed by atoms with E-state index in [1.807, 2.05) is 0 Å². The van der Waals surface area contributed by atoms with E-state index in [2.05, 4.69) is 51.9 Å². The van der Waals surface area contributed by atoms with Gasteiger partial charge in [-0.3, -0.25) is 4.99 Å². The standard InChI is InChI=1S/C12H21N/c1-7-10(8-2)13-11(9-3)12(4,5)6/h1,8-9H2,2-6H3/b13-11-. The third-order valence-corrected chi connectivity index (χ3v) is 2.01. The summed E-state index contributed by atoms with van der Waals surface area (Å²) in [5.74, 6) is 0. The fraction of sp³-hybridized carbons (Fsp3) is 0.667. The average molecular weight is 179 g/mol. The van der Waals surface area contributed by atoms with E-state index in [1.165, 1.54) is 5.71 Å². The molecule has 0 N–H and O–H groups in total. The first-order valence-corrected chi connectivity index (χ1v) is 4.92. The monoisotopic (exact) mass is 179 g/mol. The van der Waals surface area contributed by atoms with E-state index in [9.17, 15) is 0 Å². The molecule has 0 aliphatic carbocycles. The normalized spacial score (nSPS) is 12.5. The molecule has 74 valence electrons. The molecule has 0 bridgehead atoms. The van der Waals surface area contributed by atoms with Gasteiger partial charge in [0.2, 0.25) is 0 Å². The zero-order valence-electron chi connectivity index (χ0n) is 9.57. The van der Waals surface area contributed by atoms with E-state index in [4.69, 9.17) is 0 Å². The van der Waals surface area contributed by atoms with Gasteiger partial charge in [-0.25, -0.2) is 0 Å². The highest BCUT2D eigenvalue weighted by Crippen LogP contribution is 2.20. The Morgan fingerprint density at radius 2 is 1.77 bits per heavy atom. The molecule has 0 fully saturated rings. The summed E-state index contributed by atoms with van der Waals surface area (Å²) in [5, 5.41) is 0.